The molecule has 1 unspecified atom stereocenters. The monoisotopic (exact) mass is 911 g/mol. The highest BCUT2D eigenvalue weighted by Crippen LogP contribution is 2.57. The van der Waals surface area contributed by atoms with E-state index in [1.807, 2.05) is 67.7 Å². The summed E-state index contributed by atoms with van der Waals surface area (Å²) in [6.07, 6.45) is 11.9. The normalized spacial score (nSPS) is 21.8. The summed E-state index contributed by atoms with van der Waals surface area (Å²) in [5.74, 6) is 1.56. The van der Waals surface area contributed by atoms with Crippen molar-refractivity contribution < 1.29 is 29.0 Å². The number of amides is 2. The molecule has 2 aromatic heterocycles. The zero-order valence-electron chi connectivity index (χ0n) is 38.5. The van der Waals surface area contributed by atoms with Crippen molar-refractivity contribution in [3.63, 3.8) is 0 Å². The molecule has 11 nitrogen and oxygen atoms in total. The first-order chi connectivity index (χ1) is 31.9. The molecular weight excluding hydrogens is 850 g/mol. The standard InChI is InChI=1S/C54H62ClN5O6/c1-34(33-66-48-20-25-57-46-14-5-9-35(2)50(46)48)27-41-29-39-16-18-44(31-45(39)53(41)21-23-54(24-22-53,52(63)64)60-43-13-7-12-42(55)30-43)65-26-8-15-49(61)59-36(3)37-10-6-11-38(28-37)40-17-19-47(58-32-40)51(62)56-4/h6-7,10-13,16-20,25,28,30-32,34-36,41,60H,5,8-9,14-15,21-24,26-27,29,33H2,1-4H3,(H,56,62)(H,59,61)(H,63,64)/t34-,35-,36+,41?,53?,54?/m1/s1. The van der Waals surface area contributed by atoms with Gasteiger partial charge >= 0.3 is 5.97 Å². The van der Waals surface area contributed by atoms with Crippen LogP contribution in [0, 0.1) is 11.8 Å². The van der Waals surface area contributed by atoms with Crippen molar-refractivity contribution in [3.8, 4) is 22.6 Å². The van der Waals surface area contributed by atoms with Gasteiger partial charge in [0.15, 0.2) is 0 Å². The van der Waals surface area contributed by atoms with E-state index in [0.29, 0.717) is 80.0 Å². The van der Waals surface area contributed by atoms with Crippen LogP contribution >= 0.6 is 11.6 Å². The molecule has 0 radical (unpaired) electrons. The van der Waals surface area contributed by atoms with E-state index in [9.17, 15) is 19.5 Å². The fourth-order valence-corrected chi connectivity index (χ4v) is 11.0. The van der Waals surface area contributed by atoms with Gasteiger partial charge in [0.25, 0.3) is 5.91 Å². The SMILES string of the molecule is CNC(=O)c1ccc(-c2cccc([C@H](C)NC(=O)CCCOc3ccc4c(c3)C3(CCC(Nc5cccc(Cl)c5)(C(=O)O)CC3)C(C[C@@H](C)COc3ccnc5c3[C@H](C)CCC5)C4)c2)cn1. The maximum absolute atomic E-state index is 13.2. The lowest BCUT2D eigenvalue weighted by molar-refractivity contribution is -0.144. The van der Waals surface area contributed by atoms with E-state index in [-0.39, 0.29) is 29.2 Å². The number of anilines is 1. The zero-order chi connectivity index (χ0) is 46.4. The molecule has 3 aliphatic carbocycles. The largest absolute Gasteiger partial charge is 0.494 e. The lowest BCUT2D eigenvalue weighted by Gasteiger charge is -2.47. The minimum absolute atomic E-state index is 0.0595. The number of nitrogens with one attached hydrogen (secondary N) is 3. The minimum atomic E-state index is -1.12. The number of nitrogens with zero attached hydrogens (tertiary/aromatic N) is 2. The molecule has 0 bridgehead atoms. The third kappa shape index (κ3) is 10.2. The molecule has 66 heavy (non-hydrogen) atoms. The molecule has 3 aliphatic rings. The predicted molar refractivity (Wildman–Crippen MR) is 258 cm³/mol. The topological polar surface area (TPSA) is 152 Å². The maximum Gasteiger partial charge on any atom is 0.329 e. The number of halogens is 1. The molecule has 2 heterocycles. The van der Waals surface area contributed by atoms with Crippen LogP contribution in [-0.4, -0.2) is 58.7 Å². The Kier molecular flexibility index (Phi) is 14.3. The molecule has 4 N–H and O–H groups in total. The summed E-state index contributed by atoms with van der Waals surface area (Å²) < 4.78 is 13.0. The summed E-state index contributed by atoms with van der Waals surface area (Å²) in [6.45, 7) is 7.49. The van der Waals surface area contributed by atoms with Crippen LogP contribution in [0.25, 0.3) is 11.1 Å². The second-order valence-corrected chi connectivity index (χ2v) is 19.3. The van der Waals surface area contributed by atoms with Crippen molar-refractivity contribution in [1.29, 1.82) is 0 Å². The summed E-state index contributed by atoms with van der Waals surface area (Å²) in [7, 11) is 1.58. The predicted octanol–water partition coefficient (Wildman–Crippen LogP) is 10.7. The van der Waals surface area contributed by atoms with Crippen molar-refractivity contribution in [2.75, 3.05) is 25.6 Å². The number of pyridine rings is 2. The quantitative estimate of drug-likeness (QED) is 0.0668. The summed E-state index contributed by atoms with van der Waals surface area (Å²) >= 11 is 6.33. The smallest absolute Gasteiger partial charge is 0.329 e. The van der Waals surface area contributed by atoms with Gasteiger partial charge in [0.05, 0.1) is 19.3 Å². The molecular formula is C54H62ClN5O6. The molecule has 1 spiro atoms. The molecule has 5 aromatic rings. The Labute approximate surface area is 393 Å². The number of carboxylic acid groups (broad SMARTS) is 1. The second-order valence-electron chi connectivity index (χ2n) is 18.9. The van der Waals surface area contributed by atoms with Gasteiger partial charge in [0.1, 0.15) is 22.7 Å². The third-order valence-corrected chi connectivity index (χ3v) is 14.6. The Morgan fingerprint density at radius 2 is 1.74 bits per heavy atom. The summed E-state index contributed by atoms with van der Waals surface area (Å²) in [5, 5.41) is 20.4. The van der Waals surface area contributed by atoms with Gasteiger partial charge in [0.2, 0.25) is 5.91 Å². The van der Waals surface area contributed by atoms with Crippen LogP contribution in [0.1, 0.15) is 129 Å². The van der Waals surface area contributed by atoms with Crippen LogP contribution in [-0.2, 0) is 27.8 Å². The van der Waals surface area contributed by atoms with Gasteiger partial charge < -0.3 is 30.5 Å². The van der Waals surface area contributed by atoms with Crippen LogP contribution in [0.5, 0.6) is 11.5 Å². The number of hydrogen-bond donors (Lipinski definition) is 4. The fourth-order valence-electron chi connectivity index (χ4n) is 10.8. The lowest BCUT2D eigenvalue weighted by atomic mass is 9.59. The lowest BCUT2D eigenvalue weighted by Crippen LogP contribution is -2.53. The maximum atomic E-state index is 13.2. The summed E-state index contributed by atoms with van der Waals surface area (Å²) in [4.78, 5) is 47.2. The number of ether oxygens (including phenoxy) is 2. The van der Waals surface area contributed by atoms with Crippen LogP contribution in [0.2, 0.25) is 5.02 Å². The highest BCUT2D eigenvalue weighted by atomic mass is 35.5. The highest BCUT2D eigenvalue weighted by Gasteiger charge is 2.54. The first-order valence-electron chi connectivity index (χ1n) is 23.6. The van der Waals surface area contributed by atoms with Crippen molar-refractivity contribution in [2.24, 2.45) is 11.8 Å². The van der Waals surface area contributed by atoms with Gasteiger partial charge in [-0.3, -0.25) is 19.6 Å². The van der Waals surface area contributed by atoms with Crippen LogP contribution in [0.15, 0.2) is 97.3 Å². The molecule has 3 aromatic carbocycles. The Morgan fingerprint density at radius 3 is 2.50 bits per heavy atom. The molecule has 4 atom stereocenters. The molecule has 2 amide bonds. The number of aromatic nitrogens is 2. The van der Waals surface area contributed by atoms with Crippen molar-refractivity contribution >= 4 is 35.1 Å². The van der Waals surface area contributed by atoms with Gasteiger partial charge in [-0.05, 0) is 165 Å². The number of carbonyl (C=O) groups is 3. The van der Waals surface area contributed by atoms with Gasteiger partial charge in [-0.1, -0.05) is 61.8 Å². The average Bonchev–Trinajstić information content (AvgIpc) is 3.60. The number of benzene rings is 3. The molecule has 0 aliphatic heterocycles. The van der Waals surface area contributed by atoms with Crippen LogP contribution < -0.4 is 25.4 Å². The average molecular weight is 913 g/mol. The van der Waals surface area contributed by atoms with Crippen molar-refractivity contribution in [3.05, 3.63) is 136 Å². The van der Waals surface area contributed by atoms with E-state index in [4.69, 9.17) is 21.1 Å². The number of aryl methyl sites for hydroxylation is 1. The van der Waals surface area contributed by atoms with E-state index in [0.717, 1.165) is 66.0 Å². The first-order valence-corrected chi connectivity index (χ1v) is 24.0. The molecule has 12 heteroatoms. The first kappa shape index (κ1) is 46.6. The molecule has 0 saturated heterocycles. The number of aliphatic carboxylic acids is 1. The van der Waals surface area contributed by atoms with Gasteiger partial charge in [0, 0.05) is 53.4 Å². The molecule has 1 fully saturated rings. The second kappa shape index (κ2) is 20.3. The third-order valence-electron chi connectivity index (χ3n) is 14.4. The fraction of sp³-hybridized carbons (Fsp3) is 0.426. The summed E-state index contributed by atoms with van der Waals surface area (Å²) in [6, 6.07) is 27.0. The van der Waals surface area contributed by atoms with E-state index < -0.39 is 11.5 Å². The number of carbonyl (C=O) groups excluding carboxylic acids is 2. The van der Waals surface area contributed by atoms with Gasteiger partial charge in [-0.2, -0.15) is 0 Å². The zero-order valence-corrected chi connectivity index (χ0v) is 39.3. The number of rotatable bonds is 17. The minimum Gasteiger partial charge on any atom is -0.494 e. The molecule has 1 saturated carbocycles. The highest BCUT2D eigenvalue weighted by molar-refractivity contribution is 6.30. The Morgan fingerprint density at radius 1 is 0.924 bits per heavy atom. The van der Waals surface area contributed by atoms with E-state index in [1.54, 1.807) is 31.4 Å². The van der Waals surface area contributed by atoms with Crippen LogP contribution in [0.4, 0.5) is 5.69 Å². The van der Waals surface area contributed by atoms with Gasteiger partial charge in [-0.15, -0.1) is 0 Å². The van der Waals surface area contributed by atoms with E-state index in [2.05, 4.69) is 51.9 Å². The Bertz CT molecular complexity index is 2540. The number of carboxylic acids is 1. The van der Waals surface area contributed by atoms with Crippen LogP contribution in [0.3, 0.4) is 0 Å². The Hall–Kier alpha value is -5.94. The van der Waals surface area contributed by atoms with Crippen molar-refractivity contribution in [1.82, 2.24) is 20.6 Å². The van der Waals surface area contributed by atoms with Crippen molar-refractivity contribution in [2.45, 2.75) is 114 Å². The number of hydrogen-bond acceptors (Lipinski definition) is 8. The van der Waals surface area contributed by atoms with E-state index >= 15 is 0 Å². The Balaban J connectivity index is 0.921. The van der Waals surface area contributed by atoms with Gasteiger partial charge in [-0.25, -0.2) is 4.79 Å². The van der Waals surface area contributed by atoms with E-state index in [1.165, 1.54) is 16.7 Å². The summed E-state index contributed by atoms with van der Waals surface area (Å²) in [5.41, 5.74) is 7.45. The molecule has 8 rings (SSSR count). The molecule has 346 valence electrons. The number of fused-ring (bicyclic) bond motifs is 3.